The van der Waals surface area contributed by atoms with E-state index in [1.54, 1.807) is 11.0 Å². The molecule has 1 saturated heterocycles. The number of nitrogens with zero attached hydrogens (tertiary/aromatic N) is 4. The van der Waals surface area contributed by atoms with Crippen LogP contribution in [0.15, 0.2) is 36.4 Å². The van der Waals surface area contributed by atoms with Gasteiger partial charge in [-0.1, -0.05) is 12.1 Å². The average molecular weight is 489 g/mol. The number of hydroxylamine groups is 2. The predicted molar refractivity (Wildman–Crippen MR) is 129 cm³/mol. The van der Waals surface area contributed by atoms with Crippen molar-refractivity contribution in [1.82, 2.24) is 14.9 Å². The Morgan fingerprint density at radius 2 is 1.94 bits per heavy atom. The smallest absolute Gasteiger partial charge is 0.410 e. The van der Waals surface area contributed by atoms with Crippen LogP contribution in [0.3, 0.4) is 0 Å². The molecule has 1 aliphatic heterocycles. The average Bonchev–Trinajstić information content (AvgIpc) is 2.81. The molecule has 1 fully saturated rings. The Kier molecular flexibility index (Phi) is 8.16. The third-order valence-electron chi connectivity index (χ3n) is 5.52. The van der Waals surface area contributed by atoms with Crippen LogP contribution < -0.4 is 9.64 Å². The van der Waals surface area contributed by atoms with Crippen molar-refractivity contribution in [3.63, 3.8) is 0 Å². The number of hydrogen-bond acceptors (Lipinski definition) is 7. The van der Waals surface area contributed by atoms with Gasteiger partial charge in [-0.2, -0.15) is 4.98 Å². The minimum atomic E-state index is -0.552. The minimum absolute atomic E-state index is 0.0420. The molecule has 1 aromatic carbocycles. The SMILES string of the molecule is CON(C)C(=O)c1ccc(COc2cccc(N3CCN(C(=O)OC(C)(C)C)C(C)C3)n2)c(F)c1. The van der Waals surface area contributed by atoms with E-state index < -0.39 is 17.3 Å². The maximum atomic E-state index is 14.5. The van der Waals surface area contributed by atoms with E-state index in [-0.39, 0.29) is 24.3 Å². The molecule has 0 saturated carbocycles. The number of pyridine rings is 1. The van der Waals surface area contributed by atoms with Gasteiger partial charge in [0, 0.05) is 49.9 Å². The summed E-state index contributed by atoms with van der Waals surface area (Å²) in [6.07, 6.45) is -0.321. The Morgan fingerprint density at radius 3 is 2.57 bits per heavy atom. The molecule has 1 unspecified atom stereocenters. The molecule has 2 heterocycles. The number of piperazine rings is 1. The molecule has 1 aliphatic rings. The highest BCUT2D eigenvalue weighted by Gasteiger charge is 2.31. The van der Waals surface area contributed by atoms with Crippen LogP contribution in [0.5, 0.6) is 5.88 Å². The molecule has 35 heavy (non-hydrogen) atoms. The van der Waals surface area contributed by atoms with Crippen LogP contribution in [0.4, 0.5) is 15.0 Å². The van der Waals surface area contributed by atoms with Crippen LogP contribution >= 0.6 is 0 Å². The number of amides is 2. The van der Waals surface area contributed by atoms with Crippen molar-refractivity contribution < 1.29 is 28.3 Å². The third kappa shape index (κ3) is 6.82. The summed E-state index contributed by atoms with van der Waals surface area (Å²) in [6.45, 7) is 9.17. The lowest BCUT2D eigenvalue weighted by Gasteiger charge is -2.40. The fourth-order valence-electron chi connectivity index (χ4n) is 3.63. The van der Waals surface area contributed by atoms with Gasteiger partial charge in [0.15, 0.2) is 0 Å². The first-order valence-electron chi connectivity index (χ1n) is 11.4. The lowest BCUT2D eigenvalue weighted by Crippen LogP contribution is -2.55. The zero-order valence-corrected chi connectivity index (χ0v) is 21.1. The molecule has 190 valence electrons. The van der Waals surface area contributed by atoms with E-state index >= 15 is 0 Å². The first-order valence-corrected chi connectivity index (χ1v) is 11.4. The van der Waals surface area contributed by atoms with Crippen LogP contribution in [-0.4, -0.2) is 72.4 Å². The second-order valence-electron chi connectivity index (χ2n) is 9.38. The number of halogens is 1. The molecule has 0 spiro atoms. The molecule has 0 aliphatic carbocycles. The van der Waals surface area contributed by atoms with E-state index in [1.807, 2.05) is 39.8 Å². The number of carbonyl (C=O) groups excluding carboxylic acids is 2. The first-order chi connectivity index (χ1) is 16.5. The minimum Gasteiger partial charge on any atom is -0.473 e. The molecule has 1 atom stereocenters. The number of aromatic nitrogens is 1. The van der Waals surface area contributed by atoms with Crippen LogP contribution in [0.1, 0.15) is 43.6 Å². The second kappa shape index (κ2) is 10.9. The van der Waals surface area contributed by atoms with E-state index in [1.165, 1.54) is 26.3 Å². The van der Waals surface area contributed by atoms with Crippen molar-refractivity contribution >= 4 is 17.8 Å². The van der Waals surface area contributed by atoms with Crippen LogP contribution in [-0.2, 0) is 16.2 Å². The van der Waals surface area contributed by atoms with Gasteiger partial charge in [0.1, 0.15) is 23.8 Å². The Morgan fingerprint density at radius 1 is 1.20 bits per heavy atom. The van der Waals surface area contributed by atoms with Crippen molar-refractivity contribution in [2.24, 2.45) is 0 Å². The van der Waals surface area contributed by atoms with Gasteiger partial charge in [0.05, 0.1) is 7.11 Å². The van der Waals surface area contributed by atoms with E-state index in [0.717, 1.165) is 11.1 Å². The highest BCUT2D eigenvalue weighted by atomic mass is 19.1. The molecule has 1 aromatic heterocycles. The summed E-state index contributed by atoms with van der Waals surface area (Å²) in [7, 11) is 2.81. The number of hydrogen-bond donors (Lipinski definition) is 0. The summed E-state index contributed by atoms with van der Waals surface area (Å²) in [5, 5.41) is 1.02. The number of benzene rings is 1. The lowest BCUT2D eigenvalue weighted by atomic mass is 10.1. The zero-order valence-electron chi connectivity index (χ0n) is 21.1. The lowest BCUT2D eigenvalue weighted by molar-refractivity contribution is -0.0757. The van der Waals surface area contributed by atoms with Crippen LogP contribution in [0.2, 0.25) is 0 Å². The molecule has 0 N–H and O–H groups in total. The van der Waals surface area contributed by atoms with Gasteiger partial charge >= 0.3 is 6.09 Å². The first kappa shape index (κ1) is 26.2. The highest BCUT2D eigenvalue weighted by Crippen LogP contribution is 2.22. The van der Waals surface area contributed by atoms with E-state index in [4.69, 9.17) is 14.3 Å². The van der Waals surface area contributed by atoms with Crippen LogP contribution in [0, 0.1) is 5.82 Å². The van der Waals surface area contributed by atoms with Gasteiger partial charge in [-0.15, -0.1) is 0 Å². The van der Waals surface area contributed by atoms with Crippen molar-refractivity contribution in [1.29, 1.82) is 0 Å². The van der Waals surface area contributed by atoms with Gasteiger partial charge in [-0.05, 0) is 45.9 Å². The van der Waals surface area contributed by atoms with Gasteiger partial charge in [-0.3, -0.25) is 9.63 Å². The topological polar surface area (TPSA) is 84.4 Å². The molecule has 0 bridgehead atoms. The maximum absolute atomic E-state index is 14.5. The Hall–Kier alpha value is -3.40. The summed E-state index contributed by atoms with van der Waals surface area (Å²) < 4.78 is 25.8. The predicted octanol–water partition coefficient (Wildman–Crippen LogP) is 3.88. The summed E-state index contributed by atoms with van der Waals surface area (Å²) >= 11 is 0. The van der Waals surface area contributed by atoms with Gasteiger partial charge in [0.2, 0.25) is 5.88 Å². The summed E-state index contributed by atoms with van der Waals surface area (Å²) in [4.78, 5) is 37.8. The third-order valence-corrected chi connectivity index (χ3v) is 5.52. The highest BCUT2D eigenvalue weighted by molar-refractivity contribution is 5.93. The molecular weight excluding hydrogens is 455 g/mol. The molecule has 3 rings (SSSR count). The van der Waals surface area contributed by atoms with Crippen molar-refractivity contribution in [3.05, 3.63) is 53.3 Å². The fourth-order valence-corrected chi connectivity index (χ4v) is 3.63. The number of anilines is 1. The molecule has 2 amide bonds. The second-order valence-corrected chi connectivity index (χ2v) is 9.38. The van der Waals surface area contributed by atoms with E-state index in [2.05, 4.69) is 9.88 Å². The molecule has 2 aromatic rings. The molecule has 10 heteroatoms. The Labute approximate surface area is 205 Å². The normalized spacial score (nSPS) is 16.1. The van der Waals surface area contributed by atoms with Crippen LogP contribution in [0.25, 0.3) is 0 Å². The summed E-state index contributed by atoms with van der Waals surface area (Å²) in [5.41, 5.74) is -0.0692. The number of ether oxygens (including phenoxy) is 2. The van der Waals surface area contributed by atoms with Crippen molar-refractivity contribution in [2.45, 2.75) is 45.9 Å². The van der Waals surface area contributed by atoms with Crippen molar-refractivity contribution in [2.75, 3.05) is 38.7 Å². The van der Waals surface area contributed by atoms with Gasteiger partial charge in [0.25, 0.3) is 5.91 Å². The standard InChI is InChI=1S/C25H33FN4O5/c1-17-15-29(12-13-30(17)24(32)35-25(2,3)4)21-8-7-9-22(27-21)34-16-19-11-10-18(14-20(19)26)23(31)28(5)33-6/h7-11,14,17H,12-13,15-16H2,1-6H3. The zero-order chi connectivity index (χ0) is 25.8. The summed E-state index contributed by atoms with van der Waals surface area (Å²) in [6, 6.07) is 9.52. The van der Waals surface area contributed by atoms with E-state index in [9.17, 15) is 14.0 Å². The van der Waals surface area contributed by atoms with Gasteiger partial charge < -0.3 is 19.3 Å². The molecule has 9 nitrogen and oxygen atoms in total. The summed E-state index contributed by atoms with van der Waals surface area (Å²) in [5.74, 6) is 0.0587. The Balaban J connectivity index is 1.61. The number of carbonyl (C=O) groups is 2. The van der Waals surface area contributed by atoms with E-state index in [0.29, 0.717) is 36.9 Å². The molecular formula is C25H33FN4O5. The largest absolute Gasteiger partial charge is 0.473 e. The monoisotopic (exact) mass is 488 g/mol. The Bertz CT molecular complexity index is 1060. The number of rotatable bonds is 6. The quantitative estimate of drug-likeness (QED) is 0.571. The maximum Gasteiger partial charge on any atom is 0.410 e. The fraction of sp³-hybridized carbons (Fsp3) is 0.480. The molecule has 0 radical (unpaired) electrons. The van der Waals surface area contributed by atoms with Crippen molar-refractivity contribution in [3.8, 4) is 5.88 Å². The van der Waals surface area contributed by atoms with Gasteiger partial charge in [-0.25, -0.2) is 14.2 Å².